The summed E-state index contributed by atoms with van der Waals surface area (Å²) in [5.41, 5.74) is 3.19. The summed E-state index contributed by atoms with van der Waals surface area (Å²) >= 11 is 0. The lowest BCUT2D eigenvalue weighted by atomic mass is 10.1. The van der Waals surface area contributed by atoms with Gasteiger partial charge in [-0.25, -0.2) is 19.3 Å². The summed E-state index contributed by atoms with van der Waals surface area (Å²) in [7, 11) is 0. The van der Waals surface area contributed by atoms with E-state index in [9.17, 15) is 14.0 Å². The number of benzene rings is 2. The van der Waals surface area contributed by atoms with E-state index in [2.05, 4.69) is 25.3 Å². The molecule has 2 aromatic heterocycles. The molecule has 1 aliphatic rings. The number of carbonyl (C=O) groups excluding carboxylic acids is 2. The number of aromatic nitrogens is 4. The molecule has 9 heteroatoms. The molecule has 0 unspecified atom stereocenters. The average Bonchev–Trinajstić information content (AvgIpc) is 3.51. The van der Waals surface area contributed by atoms with Crippen molar-refractivity contribution in [3.63, 3.8) is 0 Å². The summed E-state index contributed by atoms with van der Waals surface area (Å²) < 4.78 is 13.1. The SMILES string of the molecule is Cc1nc([C@H]2CCCN2C(=O)CCc2nc3ccccc3[nH]2)ncc1C(=O)Nc1ccc(F)cc1. The first-order valence-corrected chi connectivity index (χ1v) is 11.6. The summed E-state index contributed by atoms with van der Waals surface area (Å²) in [6.07, 6.45) is 4.01. The molecule has 0 radical (unpaired) electrons. The molecule has 1 atom stereocenters. The molecule has 2 aromatic carbocycles. The number of carbonyl (C=O) groups is 2. The fourth-order valence-electron chi connectivity index (χ4n) is 4.43. The lowest BCUT2D eigenvalue weighted by molar-refractivity contribution is -0.132. The number of halogens is 1. The fraction of sp³-hybridized carbons (Fsp3) is 0.269. The summed E-state index contributed by atoms with van der Waals surface area (Å²) in [5.74, 6) is 0.618. The molecule has 8 nitrogen and oxygen atoms in total. The van der Waals surface area contributed by atoms with Crippen molar-refractivity contribution >= 4 is 28.5 Å². The largest absolute Gasteiger partial charge is 0.342 e. The van der Waals surface area contributed by atoms with Gasteiger partial charge in [0.25, 0.3) is 5.91 Å². The molecule has 1 saturated heterocycles. The summed E-state index contributed by atoms with van der Waals surface area (Å²) in [6.45, 7) is 2.40. The second kappa shape index (κ2) is 9.61. The Hall–Kier alpha value is -4.14. The van der Waals surface area contributed by atoms with Crippen LogP contribution in [0, 0.1) is 12.7 Å². The molecule has 0 saturated carbocycles. The molecule has 1 fully saturated rings. The Morgan fingerprint density at radius 2 is 1.94 bits per heavy atom. The van der Waals surface area contributed by atoms with Crippen LogP contribution >= 0.6 is 0 Å². The predicted molar refractivity (Wildman–Crippen MR) is 129 cm³/mol. The Kier molecular flexibility index (Phi) is 6.22. The van der Waals surface area contributed by atoms with Crippen LogP contribution in [-0.2, 0) is 11.2 Å². The number of H-pyrrole nitrogens is 1. The number of imidazole rings is 1. The zero-order chi connectivity index (χ0) is 24.4. The molecule has 3 heterocycles. The maximum atomic E-state index is 13.1. The Bertz CT molecular complexity index is 1350. The second-order valence-corrected chi connectivity index (χ2v) is 8.63. The maximum absolute atomic E-state index is 13.1. The quantitative estimate of drug-likeness (QED) is 0.434. The van der Waals surface area contributed by atoms with E-state index in [-0.39, 0.29) is 23.7 Å². The number of nitrogens with zero attached hydrogens (tertiary/aromatic N) is 4. The molecular formula is C26H25FN6O2. The van der Waals surface area contributed by atoms with Gasteiger partial charge in [-0.15, -0.1) is 0 Å². The second-order valence-electron chi connectivity index (χ2n) is 8.63. The van der Waals surface area contributed by atoms with Crippen molar-refractivity contribution in [2.24, 2.45) is 0 Å². The number of hydrogen-bond acceptors (Lipinski definition) is 5. The first-order valence-electron chi connectivity index (χ1n) is 11.6. The van der Waals surface area contributed by atoms with Gasteiger partial charge in [-0.2, -0.15) is 0 Å². The number of aryl methyl sites for hydroxylation is 2. The van der Waals surface area contributed by atoms with E-state index in [4.69, 9.17) is 0 Å². The Labute approximate surface area is 201 Å². The van der Waals surface area contributed by atoms with E-state index >= 15 is 0 Å². The smallest absolute Gasteiger partial charge is 0.259 e. The van der Waals surface area contributed by atoms with Crippen molar-refractivity contribution in [2.75, 3.05) is 11.9 Å². The first kappa shape index (κ1) is 22.6. The Morgan fingerprint density at radius 1 is 1.14 bits per heavy atom. The number of hydrogen-bond donors (Lipinski definition) is 2. The van der Waals surface area contributed by atoms with Crippen LogP contribution in [0.25, 0.3) is 11.0 Å². The molecular weight excluding hydrogens is 447 g/mol. The van der Waals surface area contributed by atoms with Gasteiger partial charge in [-0.3, -0.25) is 9.59 Å². The minimum absolute atomic E-state index is 0.0346. The van der Waals surface area contributed by atoms with Crippen molar-refractivity contribution in [1.29, 1.82) is 0 Å². The van der Waals surface area contributed by atoms with Crippen LogP contribution in [0.15, 0.2) is 54.7 Å². The molecule has 0 bridgehead atoms. The Balaban J connectivity index is 1.25. The van der Waals surface area contributed by atoms with Crippen molar-refractivity contribution in [2.45, 2.75) is 38.6 Å². The zero-order valence-electron chi connectivity index (χ0n) is 19.3. The van der Waals surface area contributed by atoms with Gasteiger partial charge in [-0.05, 0) is 56.2 Å². The van der Waals surface area contributed by atoms with Gasteiger partial charge in [0.05, 0.1) is 28.3 Å². The molecule has 178 valence electrons. The molecule has 0 aliphatic carbocycles. The molecule has 0 spiro atoms. The van der Waals surface area contributed by atoms with E-state index < -0.39 is 0 Å². The van der Waals surface area contributed by atoms with Gasteiger partial charge in [0.15, 0.2) is 5.82 Å². The number of likely N-dealkylation sites (tertiary alicyclic amines) is 1. The summed E-state index contributed by atoms with van der Waals surface area (Å²) in [6, 6.07) is 13.1. The van der Waals surface area contributed by atoms with E-state index in [1.54, 1.807) is 6.92 Å². The number of nitrogens with one attached hydrogen (secondary N) is 2. The highest BCUT2D eigenvalue weighted by molar-refractivity contribution is 6.04. The summed E-state index contributed by atoms with van der Waals surface area (Å²) in [5, 5.41) is 2.73. The van der Waals surface area contributed by atoms with Gasteiger partial charge in [0.2, 0.25) is 5.91 Å². The third kappa shape index (κ3) is 4.89. The minimum Gasteiger partial charge on any atom is -0.342 e. The lowest BCUT2D eigenvalue weighted by Gasteiger charge is -2.24. The van der Waals surface area contributed by atoms with E-state index in [1.165, 1.54) is 30.5 Å². The third-order valence-electron chi connectivity index (χ3n) is 6.23. The van der Waals surface area contributed by atoms with Crippen LogP contribution in [0.1, 0.15) is 53.0 Å². The standard InChI is InChI=1S/C26H25FN6O2/c1-16-19(26(35)30-18-10-8-17(27)9-11-18)15-28-25(29-16)22-7-4-14-33(22)24(34)13-12-23-31-20-5-2-3-6-21(20)32-23/h2-3,5-6,8-11,15,22H,4,7,12-14H2,1H3,(H,30,35)(H,31,32)/t22-/m1/s1. The molecule has 35 heavy (non-hydrogen) atoms. The van der Waals surface area contributed by atoms with Crippen LogP contribution in [0.5, 0.6) is 0 Å². The van der Waals surface area contributed by atoms with Gasteiger partial charge in [0, 0.05) is 31.3 Å². The van der Waals surface area contributed by atoms with Gasteiger partial charge < -0.3 is 15.2 Å². The van der Waals surface area contributed by atoms with E-state index in [0.717, 1.165) is 29.7 Å². The van der Waals surface area contributed by atoms with Gasteiger partial charge in [0.1, 0.15) is 11.6 Å². The van der Waals surface area contributed by atoms with Crippen LogP contribution in [-0.4, -0.2) is 43.2 Å². The highest BCUT2D eigenvalue weighted by atomic mass is 19.1. The van der Waals surface area contributed by atoms with Crippen LogP contribution in [0.3, 0.4) is 0 Å². The number of aromatic amines is 1. The monoisotopic (exact) mass is 472 g/mol. The van der Waals surface area contributed by atoms with Crippen molar-refractivity contribution in [3.8, 4) is 0 Å². The third-order valence-corrected chi connectivity index (χ3v) is 6.23. The molecule has 2 N–H and O–H groups in total. The van der Waals surface area contributed by atoms with Crippen molar-refractivity contribution in [3.05, 3.63) is 83.5 Å². The van der Waals surface area contributed by atoms with E-state index in [1.807, 2.05) is 29.2 Å². The van der Waals surface area contributed by atoms with Crippen LogP contribution in [0.2, 0.25) is 0 Å². The van der Waals surface area contributed by atoms with Gasteiger partial charge in [-0.1, -0.05) is 12.1 Å². The average molecular weight is 473 g/mol. The zero-order valence-corrected chi connectivity index (χ0v) is 19.3. The minimum atomic E-state index is -0.375. The predicted octanol–water partition coefficient (Wildman–Crippen LogP) is 4.35. The normalized spacial score (nSPS) is 15.5. The molecule has 5 rings (SSSR count). The van der Waals surface area contributed by atoms with Crippen LogP contribution in [0.4, 0.5) is 10.1 Å². The molecule has 1 aliphatic heterocycles. The van der Waals surface area contributed by atoms with Gasteiger partial charge >= 0.3 is 0 Å². The number of rotatable bonds is 6. The Morgan fingerprint density at radius 3 is 2.71 bits per heavy atom. The maximum Gasteiger partial charge on any atom is 0.259 e. The molecule has 4 aromatic rings. The molecule has 2 amide bonds. The number of para-hydroxylation sites is 2. The van der Waals surface area contributed by atoms with E-state index in [0.29, 0.717) is 42.2 Å². The first-order chi connectivity index (χ1) is 17.0. The number of amides is 2. The number of fused-ring (bicyclic) bond motifs is 1. The lowest BCUT2D eigenvalue weighted by Crippen LogP contribution is -2.32. The van der Waals surface area contributed by atoms with Crippen LogP contribution < -0.4 is 5.32 Å². The highest BCUT2D eigenvalue weighted by Crippen LogP contribution is 2.31. The highest BCUT2D eigenvalue weighted by Gasteiger charge is 2.32. The van der Waals surface area contributed by atoms with Crippen molar-refractivity contribution < 1.29 is 14.0 Å². The topological polar surface area (TPSA) is 104 Å². The van der Waals surface area contributed by atoms with Crippen molar-refractivity contribution in [1.82, 2.24) is 24.8 Å². The summed E-state index contributed by atoms with van der Waals surface area (Å²) in [4.78, 5) is 44.3. The fourth-order valence-corrected chi connectivity index (χ4v) is 4.43. The number of anilines is 1.